The SMILES string of the molecule is CCCn1ccnc1CC(NN)c1ccc(C)o1. The quantitative estimate of drug-likeness (QED) is 0.605. The van der Waals surface area contributed by atoms with Crippen LogP contribution < -0.4 is 11.3 Å². The summed E-state index contributed by atoms with van der Waals surface area (Å²) in [6.07, 6.45) is 5.63. The Morgan fingerprint density at radius 3 is 2.94 bits per heavy atom. The molecule has 0 bridgehead atoms. The van der Waals surface area contributed by atoms with Crippen LogP contribution in [0.15, 0.2) is 28.9 Å². The van der Waals surface area contributed by atoms with Gasteiger partial charge in [0.2, 0.25) is 0 Å². The van der Waals surface area contributed by atoms with Crippen LogP contribution in [0.5, 0.6) is 0 Å². The van der Waals surface area contributed by atoms with E-state index in [9.17, 15) is 0 Å². The molecule has 2 aromatic rings. The molecule has 5 nitrogen and oxygen atoms in total. The van der Waals surface area contributed by atoms with Crippen LogP contribution in [0.2, 0.25) is 0 Å². The molecule has 0 spiro atoms. The van der Waals surface area contributed by atoms with Gasteiger partial charge in [0.25, 0.3) is 0 Å². The van der Waals surface area contributed by atoms with E-state index >= 15 is 0 Å². The van der Waals surface area contributed by atoms with E-state index < -0.39 is 0 Å². The molecule has 0 radical (unpaired) electrons. The van der Waals surface area contributed by atoms with Gasteiger partial charge < -0.3 is 8.98 Å². The van der Waals surface area contributed by atoms with Crippen molar-refractivity contribution in [1.82, 2.24) is 15.0 Å². The molecule has 0 saturated carbocycles. The van der Waals surface area contributed by atoms with Gasteiger partial charge in [0, 0.05) is 25.4 Å². The van der Waals surface area contributed by atoms with Crippen LogP contribution in [0.3, 0.4) is 0 Å². The molecule has 2 heterocycles. The number of furan rings is 1. The maximum Gasteiger partial charge on any atom is 0.122 e. The number of aromatic nitrogens is 2. The second-order valence-corrected chi connectivity index (χ2v) is 4.41. The smallest absolute Gasteiger partial charge is 0.122 e. The Hall–Kier alpha value is -1.59. The first kappa shape index (κ1) is 12.9. The van der Waals surface area contributed by atoms with Crippen molar-refractivity contribution in [2.24, 2.45) is 5.84 Å². The molecule has 0 aliphatic rings. The van der Waals surface area contributed by atoms with Gasteiger partial charge in [0.15, 0.2) is 0 Å². The number of aryl methyl sites for hydroxylation is 2. The lowest BCUT2D eigenvalue weighted by Crippen LogP contribution is -2.30. The van der Waals surface area contributed by atoms with E-state index in [4.69, 9.17) is 10.3 Å². The van der Waals surface area contributed by atoms with E-state index in [0.29, 0.717) is 0 Å². The largest absolute Gasteiger partial charge is 0.465 e. The number of nitrogens with zero attached hydrogens (tertiary/aromatic N) is 2. The molecular formula is C13H20N4O. The number of rotatable bonds is 6. The Balaban J connectivity index is 2.12. The highest BCUT2D eigenvalue weighted by Crippen LogP contribution is 2.19. The predicted octanol–water partition coefficient (Wildman–Crippen LogP) is 1.94. The average Bonchev–Trinajstić information content (AvgIpc) is 2.96. The van der Waals surface area contributed by atoms with E-state index in [-0.39, 0.29) is 6.04 Å². The fourth-order valence-electron chi connectivity index (χ4n) is 2.04. The molecule has 0 aliphatic heterocycles. The van der Waals surface area contributed by atoms with Gasteiger partial charge in [-0.2, -0.15) is 0 Å². The minimum absolute atomic E-state index is 0.0447. The molecule has 2 rings (SSSR count). The molecule has 2 aromatic heterocycles. The van der Waals surface area contributed by atoms with Crippen LogP contribution in [-0.2, 0) is 13.0 Å². The van der Waals surface area contributed by atoms with Crippen LogP contribution >= 0.6 is 0 Å². The zero-order valence-corrected chi connectivity index (χ0v) is 10.9. The summed E-state index contributed by atoms with van der Waals surface area (Å²) in [5.74, 6) is 8.37. The fourth-order valence-corrected chi connectivity index (χ4v) is 2.04. The summed E-state index contributed by atoms with van der Waals surface area (Å²) in [5, 5.41) is 0. The summed E-state index contributed by atoms with van der Waals surface area (Å²) in [7, 11) is 0. The lowest BCUT2D eigenvalue weighted by atomic mass is 10.1. The van der Waals surface area contributed by atoms with Crippen LogP contribution in [0.25, 0.3) is 0 Å². The van der Waals surface area contributed by atoms with Gasteiger partial charge in [-0.1, -0.05) is 6.92 Å². The van der Waals surface area contributed by atoms with Crippen LogP contribution in [-0.4, -0.2) is 9.55 Å². The molecule has 0 aromatic carbocycles. The number of hydrogen-bond donors (Lipinski definition) is 2. The second-order valence-electron chi connectivity index (χ2n) is 4.41. The maximum atomic E-state index is 5.61. The second kappa shape index (κ2) is 5.84. The van der Waals surface area contributed by atoms with Gasteiger partial charge in [-0.3, -0.25) is 5.84 Å². The first-order valence-corrected chi connectivity index (χ1v) is 6.27. The molecule has 3 N–H and O–H groups in total. The number of imidazole rings is 1. The highest BCUT2D eigenvalue weighted by molar-refractivity contribution is 5.11. The summed E-state index contributed by atoms with van der Waals surface area (Å²) in [4.78, 5) is 4.38. The highest BCUT2D eigenvalue weighted by Gasteiger charge is 2.16. The summed E-state index contributed by atoms with van der Waals surface area (Å²) in [6, 6.07) is 3.85. The topological polar surface area (TPSA) is 69.0 Å². The Bertz CT molecular complexity index is 489. The lowest BCUT2D eigenvalue weighted by molar-refractivity contribution is 0.395. The normalized spacial score (nSPS) is 12.8. The van der Waals surface area contributed by atoms with E-state index in [1.54, 1.807) is 0 Å². The van der Waals surface area contributed by atoms with Gasteiger partial charge in [-0.05, 0) is 25.5 Å². The minimum Gasteiger partial charge on any atom is -0.465 e. The zero-order chi connectivity index (χ0) is 13.0. The van der Waals surface area contributed by atoms with Crippen molar-refractivity contribution < 1.29 is 4.42 Å². The average molecular weight is 248 g/mol. The van der Waals surface area contributed by atoms with Crippen molar-refractivity contribution in [2.75, 3.05) is 0 Å². The third-order valence-corrected chi connectivity index (χ3v) is 2.96. The number of nitrogens with two attached hydrogens (primary N) is 1. The van der Waals surface area contributed by atoms with Crippen LogP contribution in [0, 0.1) is 6.92 Å². The molecule has 0 fully saturated rings. The van der Waals surface area contributed by atoms with Crippen LogP contribution in [0.4, 0.5) is 0 Å². The first-order chi connectivity index (χ1) is 8.74. The lowest BCUT2D eigenvalue weighted by Gasteiger charge is -2.14. The van der Waals surface area contributed by atoms with Crippen molar-refractivity contribution >= 4 is 0 Å². The van der Waals surface area contributed by atoms with Crippen LogP contribution in [0.1, 0.15) is 36.7 Å². The van der Waals surface area contributed by atoms with Gasteiger partial charge in [0.1, 0.15) is 17.3 Å². The van der Waals surface area contributed by atoms with Crippen molar-refractivity contribution in [2.45, 2.75) is 39.3 Å². The molecule has 98 valence electrons. The Kier molecular flexibility index (Phi) is 4.17. The summed E-state index contributed by atoms with van der Waals surface area (Å²) < 4.78 is 7.76. The Labute approximate surface area is 107 Å². The van der Waals surface area contributed by atoms with E-state index in [0.717, 1.165) is 36.7 Å². The molecule has 1 unspecified atom stereocenters. The summed E-state index contributed by atoms with van der Waals surface area (Å²) in [5.41, 5.74) is 2.79. The zero-order valence-electron chi connectivity index (χ0n) is 10.9. The summed E-state index contributed by atoms with van der Waals surface area (Å²) in [6.45, 7) is 5.05. The van der Waals surface area contributed by atoms with Crippen molar-refractivity contribution in [3.05, 3.63) is 41.9 Å². The van der Waals surface area contributed by atoms with Crippen molar-refractivity contribution in [3.8, 4) is 0 Å². The minimum atomic E-state index is -0.0447. The van der Waals surface area contributed by atoms with E-state index in [2.05, 4.69) is 21.9 Å². The number of nitrogens with one attached hydrogen (secondary N) is 1. The van der Waals surface area contributed by atoms with Gasteiger partial charge >= 0.3 is 0 Å². The van der Waals surface area contributed by atoms with E-state index in [1.807, 2.05) is 31.5 Å². The molecule has 1 atom stereocenters. The highest BCUT2D eigenvalue weighted by atomic mass is 16.3. The third kappa shape index (κ3) is 2.80. The molecule has 0 saturated heterocycles. The number of hydrazine groups is 1. The van der Waals surface area contributed by atoms with E-state index in [1.165, 1.54) is 0 Å². The van der Waals surface area contributed by atoms with Gasteiger partial charge in [-0.15, -0.1) is 0 Å². The number of hydrogen-bond acceptors (Lipinski definition) is 4. The maximum absolute atomic E-state index is 5.61. The van der Waals surface area contributed by atoms with Gasteiger partial charge in [-0.25, -0.2) is 10.4 Å². The fraction of sp³-hybridized carbons (Fsp3) is 0.462. The Morgan fingerprint density at radius 2 is 2.33 bits per heavy atom. The standard InChI is InChI=1S/C13H20N4O/c1-3-7-17-8-6-15-13(17)9-11(16-14)12-5-4-10(2)18-12/h4-6,8,11,16H,3,7,9,14H2,1-2H3. The first-order valence-electron chi connectivity index (χ1n) is 6.27. The predicted molar refractivity (Wildman–Crippen MR) is 69.7 cm³/mol. The molecule has 0 amide bonds. The van der Waals surface area contributed by atoms with Gasteiger partial charge in [0.05, 0.1) is 6.04 Å². The molecule has 0 aliphatic carbocycles. The monoisotopic (exact) mass is 248 g/mol. The van der Waals surface area contributed by atoms with Crippen molar-refractivity contribution in [3.63, 3.8) is 0 Å². The Morgan fingerprint density at radius 1 is 1.50 bits per heavy atom. The molecule has 5 heteroatoms. The summed E-state index contributed by atoms with van der Waals surface area (Å²) >= 11 is 0. The van der Waals surface area contributed by atoms with Crippen molar-refractivity contribution in [1.29, 1.82) is 0 Å². The molecule has 18 heavy (non-hydrogen) atoms. The third-order valence-electron chi connectivity index (χ3n) is 2.96. The molecular weight excluding hydrogens is 228 g/mol.